The molecule has 0 radical (unpaired) electrons. The van der Waals surface area contributed by atoms with Crippen LogP contribution in [0.25, 0.3) is 11.0 Å². The predicted molar refractivity (Wildman–Crippen MR) is 119 cm³/mol. The van der Waals surface area contributed by atoms with Crippen LogP contribution in [0.15, 0.2) is 47.5 Å². The zero-order valence-electron chi connectivity index (χ0n) is 17.2. The number of nitrogens with zero attached hydrogens (tertiary/aromatic N) is 2. The number of fused-ring (bicyclic) bond motifs is 3. The number of benzene rings is 1. The molecule has 0 bridgehead atoms. The van der Waals surface area contributed by atoms with Crippen molar-refractivity contribution in [2.24, 2.45) is 0 Å². The summed E-state index contributed by atoms with van der Waals surface area (Å²) < 4.78 is 25.7. The molecule has 1 N–H and O–H groups in total. The molecule has 0 aliphatic carbocycles. The SMILES string of the molecule is CC(=O)c1ccc(Cl)cc1.CS(=O)(=O)c1ccnc2c1cc1n2CCCC1CC(=O)O. The molecule has 3 aromatic rings. The normalized spacial score (nSPS) is 15.6. The van der Waals surface area contributed by atoms with E-state index in [1.54, 1.807) is 30.3 Å². The van der Waals surface area contributed by atoms with E-state index in [1.165, 1.54) is 25.4 Å². The monoisotopic (exact) mass is 462 g/mol. The summed E-state index contributed by atoms with van der Waals surface area (Å²) in [6.07, 6.45) is 4.40. The molecule has 31 heavy (non-hydrogen) atoms. The van der Waals surface area contributed by atoms with Crippen LogP contribution in [0, 0.1) is 0 Å². The molecule has 2 aromatic heterocycles. The van der Waals surface area contributed by atoms with Crippen molar-refractivity contribution in [1.82, 2.24) is 9.55 Å². The number of carbonyl (C=O) groups is 2. The fourth-order valence-corrected chi connectivity index (χ4v) is 4.77. The van der Waals surface area contributed by atoms with Crippen molar-refractivity contribution in [3.8, 4) is 0 Å². The van der Waals surface area contributed by atoms with Gasteiger partial charge in [-0.3, -0.25) is 9.59 Å². The van der Waals surface area contributed by atoms with Crippen LogP contribution in [0.3, 0.4) is 0 Å². The average molecular weight is 463 g/mol. The lowest BCUT2D eigenvalue weighted by Crippen LogP contribution is -2.17. The maximum Gasteiger partial charge on any atom is 0.304 e. The number of hydrogen-bond donors (Lipinski definition) is 1. The fraction of sp³-hybridized carbons (Fsp3) is 0.318. The highest BCUT2D eigenvalue weighted by Crippen LogP contribution is 2.36. The molecule has 9 heteroatoms. The fourth-order valence-electron chi connectivity index (χ4n) is 3.79. The molecule has 164 valence electrons. The highest BCUT2D eigenvalue weighted by atomic mass is 35.5. The van der Waals surface area contributed by atoms with Crippen LogP contribution >= 0.6 is 11.6 Å². The van der Waals surface area contributed by atoms with E-state index in [1.807, 2.05) is 4.57 Å². The van der Waals surface area contributed by atoms with Gasteiger partial charge in [0.05, 0.1) is 11.3 Å². The van der Waals surface area contributed by atoms with Gasteiger partial charge in [0, 0.05) is 46.6 Å². The number of carbonyl (C=O) groups excluding carboxylic acids is 1. The molecule has 1 aliphatic heterocycles. The summed E-state index contributed by atoms with van der Waals surface area (Å²) in [6, 6.07) is 10.1. The second kappa shape index (κ2) is 9.20. The van der Waals surface area contributed by atoms with Gasteiger partial charge in [0.2, 0.25) is 0 Å². The largest absolute Gasteiger partial charge is 0.481 e. The predicted octanol–water partition coefficient (Wildman–Crippen LogP) is 4.33. The maximum absolute atomic E-state index is 11.9. The van der Waals surface area contributed by atoms with Gasteiger partial charge in [-0.15, -0.1) is 0 Å². The lowest BCUT2D eigenvalue weighted by atomic mass is 9.93. The highest BCUT2D eigenvalue weighted by molar-refractivity contribution is 7.91. The van der Waals surface area contributed by atoms with Gasteiger partial charge in [0.25, 0.3) is 0 Å². The molecule has 4 rings (SSSR count). The second-order valence-corrected chi connectivity index (χ2v) is 9.96. The van der Waals surface area contributed by atoms with E-state index in [0.717, 1.165) is 25.1 Å². The summed E-state index contributed by atoms with van der Waals surface area (Å²) in [5.74, 6) is -0.857. The third kappa shape index (κ3) is 5.32. The molecule has 1 unspecified atom stereocenters. The lowest BCUT2D eigenvalue weighted by Gasteiger charge is -2.23. The van der Waals surface area contributed by atoms with E-state index in [2.05, 4.69) is 4.98 Å². The van der Waals surface area contributed by atoms with Crippen LogP contribution < -0.4 is 0 Å². The molecule has 1 aliphatic rings. The van der Waals surface area contributed by atoms with Crippen LogP contribution in [-0.2, 0) is 21.2 Å². The Balaban J connectivity index is 0.000000229. The molecule has 1 aromatic carbocycles. The van der Waals surface area contributed by atoms with Crippen molar-refractivity contribution in [2.45, 2.75) is 43.5 Å². The number of ketones is 1. The van der Waals surface area contributed by atoms with E-state index in [0.29, 0.717) is 21.6 Å². The first-order valence-electron chi connectivity index (χ1n) is 9.74. The first-order chi connectivity index (χ1) is 14.6. The molecule has 0 amide bonds. The van der Waals surface area contributed by atoms with E-state index in [4.69, 9.17) is 16.7 Å². The second-order valence-electron chi connectivity index (χ2n) is 7.54. The van der Waals surface area contributed by atoms with E-state index in [-0.39, 0.29) is 23.0 Å². The van der Waals surface area contributed by atoms with Gasteiger partial charge < -0.3 is 9.67 Å². The first-order valence-corrected chi connectivity index (χ1v) is 12.0. The topological polar surface area (TPSA) is 106 Å². The minimum atomic E-state index is -3.34. The number of pyridine rings is 1. The Morgan fingerprint density at radius 1 is 1.23 bits per heavy atom. The minimum absolute atomic E-state index is 0.0600. The summed E-state index contributed by atoms with van der Waals surface area (Å²) in [7, 11) is -3.34. The Morgan fingerprint density at radius 2 is 1.90 bits per heavy atom. The summed E-state index contributed by atoms with van der Waals surface area (Å²) in [5, 5.41) is 10.3. The van der Waals surface area contributed by atoms with Crippen LogP contribution in [0.5, 0.6) is 0 Å². The number of rotatable bonds is 4. The smallest absolute Gasteiger partial charge is 0.304 e. The number of aliphatic carboxylic acids is 1. The molecule has 0 saturated carbocycles. The van der Waals surface area contributed by atoms with Gasteiger partial charge in [0.1, 0.15) is 5.65 Å². The Kier molecular flexibility index (Phi) is 6.81. The molecule has 0 fully saturated rings. The third-order valence-electron chi connectivity index (χ3n) is 5.21. The summed E-state index contributed by atoms with van der Waals surface area (Å²) in [6.45, 7) is 2.28. The van der Waals surface area contributed by atoms with E-state index < -0.39 is 15.8 Å². The van der Waals surface area contributed by atoms with Crippen LogP contribution in [0.1, 0.15) is 48.2 Å². The Hall–Kier alpha value is -2.71. The number of Topliss-reactive ketones (excluding diaryl/α,β-unsaturated/α-hetero) is 1. The Bertz CT molecular complexity index is 1230. The Labute approximate surface area is 185 Å². The minimum Gasteiger partial charge on any atom is -0.481 e. The van der Waals surface area contributed by atoms with Crippen LogP contribution in [-0.4, -0.2) is 41.1 Å². The molecular weight excluding hydrogens is 440 g/mol. The molecular formula is C22H23ClN2O5S. The van der Waals surface area contributed by atoms with Gasteiger partial charge in [-0.1, -0.05) is 11.6 Å². The molecule has 0 spiro atoms. The summed E-state index contributed by atoms with van der Waals surface area (Å²) in [4.78, 5) is 26.3. The number of carboxylic acids is 1. The van der Waals surface area contributed by atoms with Crippen LogP contribution in [0.4, 0.5) is 0 Å². The van der Waals surface area contributed by atoms with Crippen molar-refractivity contribution in [3.05, 3.63) is 58.9 Å². The lowest BCUT2D eigenvalue weighted by molar-refractivity contribution is -0.137. The number of aromatic nitrogens is 2. The zero-order chi connectivity index (χ0) is 22.8. The first kappa shape index (κ1) is 23.0. The highest BCUT2D eigenvalue weighted by Gasteiger charge is 2.27. The zero-order valence-corrected chi connectivity index (χ0v) is 18.8. The van der Waals surface area contributed by atoms with Gasteiger partial charge in [-0.05, 0) is 56.2 Å². The maximum atomic E-state index is 11.9. The van der Waals surface area contributed by atoms with Crippen molar-refractivity contribution in [2.75, 3.05) is 6.26 Å². The number of carboxylic acid groups (broad SMARTS) is 1. The van der Waals surface area contributed by atoms with Crippen LogP contribution in [0.2, 0.25) is 5.02 Å². The van der Waals surface area contributed by atoms with Crippen molar-refractivity contribution in [3.63, 3.8) is 0 Å². The molecule has 1 atom stereocenters. The van der Waals surface area contributed by atoms with E-state index in [9.17, 15) is 18.0 Å². The third-order valence-corrected chi connectivity index (χ3v) is 6.62. The van der Waals surface area contributed by atoms with Gasteiger partial charge in [0.15, 0.2) is 15.6 Å². The summed E-state index contributed by atoms with van der Waals surface area (Å²) in [5.41, 5.74) is 2.20. The van der Waals surface area contributed by atoms with Gasteiger partial charge in [-0.2, -0.15) is 0 Å². The molecule has 0 saturated heterocycles. The Morgan fingerprint density at radius 3 is 2.48 bits per heavy atom. The van der Waals surface area contributed by atoms with Gasteiger partial charge in [-0.25, -0.2) is 13.4 Å². The quantitative estimate of drug-likeness (QED) is 0.578. The average Bonchev–Trinajstić information content (AvgIpc) is 3.07. The number of sulfone groups is 1. The number of halogens is 1. The van der Waals surface area contributed by atoms with Crippen molar-refractivity contribution in [1.29, 1.82) is 0 Å². The van der Waals surface area contributed by atoms with Gasteiger partial charge >= 0.3 is 5.97 Å². The standard InChI is InChI=1S/C14H16N2O4S.C8H7ClO/c1-21(19,20)12-4-5-15-14-10(12)8-11-9(7-13(17)18)3-2-6-16(11)14;1-6(10)7-2-4-8(9)5-3-7/h4-5,8-9H,2-3,6-7H2,1H3,(H,17,18);2-5H,1H3. The van der Waals surface area contributed by atoms with Crippen molar-refractivity contribution < 1.29 is 23.1 Å². The van der Waals surface area contributed by atoms with Crippen molar-refractivity contribution >= 4 is 44.2 Å². The number of aryl methyl sites for hydroxylation is 1. The molecule has 7 nitrogen and oxygen atoms in total. The summed E-state index contributed by atoms with van der Waals surface area (Å²) >= 11 is 5.61. The molecule has 3 heterocycles. The number of hydrogen-bond acceptors (Lipinski definition) is 5. The van der Waals surface area contributed by atoms with E-state index >= 15 is 0 Å².